The predicted octanol–water partition coefficient (Wildman–Crippen LogP) is 1.70. The number of aliphatic carboxylic acids is 1. The minimum absolute atomic E-state index is 0.0653. The van der Waals surface area contributed by atoms with E-state index < -0.39 is 5.97 Å². The van der Waals surface area contributed by atoms with E-state index in [1.807, 2.05) is 18.2 Å². The van der Waals surface area contributed by atoms with Gasteiger partial charge in [-0.3, -0.25) is 9.59 Å². The van der Waals surface area contributed by atoms with E-state index >= 15 is 0 Å². The molecule has 2 unspecified atom stereocenters. The molecule has 19 heavy (non-hydrogen) atoms. The smallest absolute Gasteiger partial charge is 0.306 e. The Labute approximate surface area is 111 Å². The molecule has 1 saturated carbocycles. The van der Waals surface area contributed by atoms with Gasteiger partial charge >= 0.3 is 5.97 Å². The van der Waals surface area contributed by atoms with E-state index in [0.29, 0.717) is 13.0 Å². The van der Waals surface area contributed by atoms with E-state index in [1.54, 1.807) is 0 Å². The molecule has 1 fully saturated rings. The van der Waals surface area contributed by atoms with Gasteiger partial charge in [0.25, 0.3) is 0 Å². The summed E-state index contributed by atoms with van der Waals surface area (Å²) < 4.78 is 0. The normalized spacial score (nSPS) is 24.3. The standard InChI is InChI=1S/C14H16N2O3/c17-13-4-1-8-5-10(2-3-12(8)16-13)15-7-9-6-11(9)14(18)19/h2-3,5,9,11,15H,1,4,6-7H2,(H,16,17)(H,18,19). The number of amides is 1. The van der Waals surface area contributed by atoms with Crippen LogP contribution in [0.25, 0.3) is 0 Å². The molecule has 100 valence electrons. The summed E-state index contributed by atoms with van der Waals surface area (Å²) in [6.07, 6.45) is 2.06. The summed E-state index contributed by atoms with van der Waals surface area (Å²) in [6.45, 7) is 0.697. The molecule has 1 heterocycles. The number of hydrogen-bond donors (Lipinski definition) is 3. The number of carbonyl (C=O) groups excluding carboxylic acids is 1. The Kier molecular flexibility index (Phi) is 2.89. The first-order chi connectivity index (χ1) is 9.13. The molecule has 0 radical (unpaired) electrons. The van der Waals surface area contributed by atoms with Gasteiger partial charge in [0.1, 0.15) is 0 Å². The first-order valence-corrected chi connectivity index (χ1v) is 6.53. The van der Waals surface area contributed by atoms with Crippen molar-refractivity contribution in [2.24, 2.45) is 11.8 Å². The first-order valence-electron chi connectivity index (χ1n) is 6.53. The van der Waals surface area contributed by atoms with E-state index in [0.717, 1.165) is 29.8 Å². The lowest BCUT2D eigenvalue weighted by Gasteiger charge is -2.18. The highest BCUT2D eigenvalue weighted by atomic mass is 16.4. The second-order valence-electron chi connectivity index (χ2n) is 5.24. The average molecular weight is 260 g/mol. The molecule has 5 nitrogen and oxygen atoms in total. The quantitative estimate of drug-likeness (QED) is 0.770. The SMILES string of the molecule is O=C1CCc2cc(NCC3CC3C(=O)O)ccc2N1. The number of aryl methyl sites for hydroxylation is 1. The molecular weight excluding hydrogens is 244 g/mol. The van der Waals surface area contributed by atoms with E-state index in [-0.39, 0.29) is 17.7 Å². The van der Waals surface area contributed by atoms with E-state index in [2.05, 4.69) is 10.6 Å². The number of carbonyl (C=O) groups is 2. The van der Waals surface area contributed by atoms with E-state index in [9.17, 15) is 9.59 Å². The molecule has 3 N–H and O–H groups in total. The number of anilines is 2. The highest BCUT2D eigenvalue weighted by Gasteiger charge is 2.42. The van der Waals surface area contributed by atoms with Gasteiger partial charge in [0.2, 0.25) is 5.91 Å². The largest absolute Gasteiger partial charge is 0.481 e. The summed E-state index contributed by atoms with van der Waals surface area (Å²) in [5, 5.41) is 15.0. The van der Waals surface area contributed by atoms with E-state index in [1.165, 1.54) is 0 Å². The van der Waals surface area contributed by atoms with Crippen LogP contribution < -0.4 is 10.6 Å². The molecule has 0 spiro atoms. The van der Waals surface area contributed by atoms with E-state index in [4.69, 9.17) is 5.11 Å². The van der Waals surface area contributed by atoms with Crippen molar-refractivity contribution < 1.29 is 14.7 Å². The Hall–Kier alpha value is -2.04. The van der Waals surface area contributed by atoms with Crippen molar-refractivity contribution >= 4 is 23.3 Å². The van der Waals surface area contributed by atoms with Gasteiger partial charge in [-0.2, -0.15) is 0 Å². The van der Waals surface area contributed by atoms with Crippen LogP contribution in [0.3, 0.4) is 0 Å². The highest BCUT2D eigenvalue weighted by molar-refractivity contribution is 5.94. The maximum absolute atomic E-state index is 11.3. The zero-order chi connectivity index (χ0) is 13.4. The van der Waals surface area contributed by atoms with Crippen LogP contribution in [0.2, 0.25) is 0 Å². The number of hydrogen-bond acceptors (Lipinski definition) is 3. The van der Waals surface area contributed by atoms with Crippen LogP contribution in [0, 0.1) is 11.8 Å². The lowest BCUT2D eigenvalue weighted by molar-refractivity contribution is -0.138. The number of carboxylic acid groups (broad SMARTS) is 1. The molecule has 2 atom stereocenters. The van der Waals surface area contributed by atoms with Crippen LogP contribution in [-0.4, -0.2) is 23.5 Å². The highest BCUT2D eigenvalue weighted by Crippen LogP contribution is 2.38. The van der Waals surface area contributed by atoms with Gasteiger partial charge < -0.3 is 15.7 Å². The van der Waals surface area contributed by atoms with Gasteiger partial charge in [0.15, 0.2) is 0 Å². The Morgan fingerprint density at radius 1 is 1.42 bits per heavy atom. The fourth-order valence-corrected chi connectivity index (χ4v) is 2.52. The average Bonchev–Trinajstić information content (AvgIpc) is 3.16. The van der Waals surface area contributed by atoms with Crippen LogP contribution in [0.5, 0.6) is 0 Å². The molecular formula is C14H16N2O3. The van der Waals surface area contributed by atoms with Crippen molar-refractivity contribution in [2.75, 3.05) is 17.2 Å². The summed E-state index contributed by atoms with van der Waals surface area (Å²) in [5.41, 5.74) is 3.01. The second-order valence-corrected chi connectivity index (χ2v) is 5.24. The molecule has 1 amide bonds. The summed E-state index contributed by atoms with van der Waals surface area (Å²) in [4.78, 5) is 22.0. The molecule has 0 bridgehead atoms. The van der Waals surface area contributed by atoms with Crippen molar-refractivity contribution in [3.63, 3.8) is 0 Å². The third-order valence-corrected chi connectivity index (χ3v) is 3.81. The van der Waals surface area contributed by atoms with Crippen molar-refractivity contribution in [2.45, 2.75) is 19.3 Å². The zero-order valence-corrected chi connectivity index (χ0v) is 10.5. The number of benzene rings is 1. The lowest BCUT2D eigenvalue weighted by atomic mass is 10.0. The summed E-state index contributed by atoms with van der Waals surface area (Å²) in [7, 11) is 0. The van der Waals surface area contributed by atoms with Gasteiger partial charge in [-0.25, -0.2) is 0 Å². The van der Waals surface area contributed by atoms with Crippen LogP contribution in [-0.2, 0) is 16.0 Å². The predicted molar refractivity (Wildman–Crippen MR) is 71.1 cm³/mol. The number of carboxylic acids is 1. The molecule has 2 aliphatic rings. The number of nitrogens with one attached hydrogen (secondary N) is 2. The van der Waals surface area contributed by atoms with Gasteiger partial charge in [0, 0.05) is 24.3 Å². The monoisotopic (exact) mass is 260 g/mol. The maximum atomic E-state index is 11.3. The lowest BCUT2D eigenvalue weighted by Crippen LogP contribution is -2.19. The van der Waals surface area contributed by atoms with Crippen molar-refractivity contribution in [1.29, 1.82) is 0 Å². The number of rotatable bonds is 4. The number of fused-ring (bicyclic) bond motifs is 1. The van der Waals surface area contributed by atoms with Crippen molar-refractivity contribution in [3.05, 3.63) is 23.8 Å². The van der Waals surface area contributed by atoms with Gasteiger partial charge in [-0.05, 0) is 42.5 Å². The Bertz CT molecular complexity index is 541. The Morgan fingerprint density at radius 3 is 3.00 bits per heavy atom. The van der Waals surface area contributed by atoms with Gasteiger partial charge in [-0.15, -0.1) is 0 Å². The molecule has 3 rings (SSSR count). The maximum Gasteiger partial charge on any atom is 0.306 e. The fourth-order valence-electron chi connectivity index (χ4n) is 2.52. The summed E-state index contributed by atoms with van der Waals surface area (Å²) >= 11 is 0. The summed E-state index contributed by atoms with van der Waals surface area (Å²) in [6, 6.07) is 5.85. The third kappa shape index (κ3) is 2.54. The minimum Gasteiger partial charge on any atom is -0.481 e. The minimum atomic E-state index is -0.694. The topological polar surface area (TPSA) is 78.4 Å². The van der Waals surface area contributed by atoms with Crippen LogP contribution >= 0.6 is 0 Å². The second kappa shape index (κ2) is 4.57. The van der Waals surface area contributed by atoms with Gasteiger partial charge in [0.05, 0.1) is 5.92 Å². The molecule has 1 aliphatic carbocycles. The molecule has 1 aliphatic heterocycles. The zero-order valence-electron chi connectivity index (χ0n) is 10.5. The van der Waals surface area contributed by atoms with Crippen LogP contribution in [0.1, 0.15) is 18.4 Å². The van der Waals surface area contributed by atoms with Crippen molar-refractivity contribution in [1.82, 2.24) is 0 Å². The molecule has 1 aromatic rings. The Morgan fingerprint density at radius 2 is 2.26 bits per heavy atom. The van der Waals surface area contributed by atoms with Gasteiger partial charge in [-0.1, -0.05) is 0 Å². The van der Waals surface area contributed by atoms with Crippen LogP contribution in [0.15, 0.2) is 18.2 Å². The fraction of sp³-hybridized carbons (Fsp3) is 0.429. The molecule has 0 saturated heterocycles. The molecule has 0 aromatic heterocycles. The Balaban J connectivity index is 1.60. The molecule has 5 heteroatoms. The summed E-state index contributed by atoms with van der Waals surface area (Å²) in [5.74, 6) is -0.562. The van der Waals surface area contributed by atoms with Crippen LogP contribution in [0.4, 0.5) is 11.4 Å². The van der Waals surface area contributed by atoms with Crippen molar-refractivity contribution in [3.8, 4) is 0 Å². The molecule has 1 aromatic carbocycles. The first kappa shape index (κ1) is 12.0. The third-order valence-electron chi connectivity index (χ3n) is 3.81.